The first kappa shape index (κ1) is 14.6. The summed E-state index contributed by atoms with van der Waals surface area (Å²) in [5.74, 6) is -0.454. The lowest BCUT2D eigenvalue weighted by Crippen LogP contribution is -2.18. The van der Waals surface area contributed by atoms with Crippen molar-refractivity contribution in [3.63, 3.8) is 0 Å². The van der Waals surface area contributed by atoms with Crippen molar-refractivity contribution in [3.05, 3.63) is 57.5 Å². The maximum atomic E-state index is 11.1. The Hall–Kier alpha value is -2.83. The fourth-order valence-corrected chi connectivity index (χ4v) is 2.04. The van der Waals surface area contributed by atoms with E-state index in [0.717, 1.165) is 17.4 Å². The van der Waals surface area contributed by atoms with E-state index in [4.69, 9.17) is 9.52 Å². The molecule has 0 bridgehead atoms. The number of carboxylic acid groups (broad SMARTS) is 1. The third-order valence-electron chi connectivity index (χ3n) is 3.20. The van der Waals surface area contributed by atoms with Crippen LogP contribution in [0, 0.1) is 17.0 Å². The van der Waals surface area contributed by atoms with Gasteiger partial charge in [-0.3, -0.25) is 10.1 Å². The van der Waals surface area contributed by atoms with Crippen LogP contribution in [-0.2, 0) is 6.54 Å². The Kier molecular flexibility index (Phi) is 3.93. The number of carbonyl (C=O) groups is 1. The molecule has 1 aromatic heterocycles. The minimum absolute atomic E-state index is 0.113. The van der Waals surface area contributed by atoms with E-state index < -0.39 is 10.9 Å². The van der Waals surface area contributed by atoms with Gasteiger partial charge in [0.15, 0.2) is 0 Å². The Bertz CT molecular complexity index is 692. The largest absolute Gasteiger partial charge is 0.478 e. The van der Waals surface area contributed by atoms with Gasteiger partial charge in [0, 0.05) is 25.2 Å². The third-order valence-corrected chi connectivity index (χ3v) is 3.20. The molecule has 0 amide bonds. The van der Waals surface area contributed by atoms with E-state index in [9.17, 15) is 14.9 Å². The third kappa shape index (κ3) is 3.02. The zero-order chi connectivity index (χ0) is 15.6. The lowest BCUT2D eigenvalue weighted by Gasteiger charge is -2.19. The number of hydrogen-bond donors (Lipinski definition) is 1. The number of aryl methyl sites for hydroxylation is 1. The van der Waals surface area contributed by atoms with Crippen molar-refractivity contribution >= 4 is 17.3 Å². The predicted octanol–water partition coefficient (Wildman–Crippen LogP) is 2.83. The molecule has 7 nitrogen and oxygen atoms in total. The molecule has 2 rings (SSSR count). The predicted molar refractivity (Wildman–Crippen MR) is 75.6 cm³/mol. The second-order valence-electron chi connectivity index (χ2n) is 4.62. The molecular formula is C14H14N2O5. The van der Waals surface area contributed by atoms with Gasteiger partial charge >= 0.3 is 5.97 Å². The number of nitrogens with zero attached hydrogens (tertiary/aromatic N) is 2. The van der Waals surface area contributed by atoms with Gasteiger partial charge in [-0.2, -0.15) is 0 Å². The molecule has 0 aliphatic carbocycles. The maximum Gasteiger partial charge on any atom is 0.335 e. The topological polar surface area (TPSA) is 96.8 Å². The van der Waals surface area contributed by atoms with Crippen LogP contribution in [0.1, 0.15) is 21.7 Å². The summed E-state index contributed by atoms with van der Waals surface area (Å²) in [4.78, 5) is 23.1. The van der Waals surface area contributed by atoms with Crippen LogP contribution in [0.25, 0.3) is 0 Å². The summed E-state index contributed by atoms with van der Waals surface area (Å²) in [6.07, 6.45) is 1.56. The monoisotopic (exact) mass is 290 g/mol. The molecule has 21 heavy (non-hydrogen) atoms. The molecule has 0 fully saturated rings. The number of nitro benzene ring substituents is 1. The highest BCUT2D eigenvalue weighted by Gasteiger charge is 2.20. The number of benzene rings is 1. The number of aromatic carboxylic acids is 1. The van der Waals surface area contributed by atoms with Crippen LogP contribution >= 0.6 is 0 Å². The van der Waals surface area contributed by atoms with E-state index in [1.165, 1.54) is 12.1 Å². The van der Waals surface area contributed by atoms with Crippen LogP contribution in [0.5, 0.6) is 0 Å². The minimum Gasteiger partial charge on any atom is -0.478 e. The van der Waals surface area contributed by atoms with E-state index in [0.29, 0.717) is 12.2 Å². The Morgan fingerprint density at radius 2 is 2.14 bits per heavy atom. The van der Waals surface area contributed by atoms with E-state index >= 15 is 0 Å². The maximum absolute atomic E-state index is 11.1. The molecule has 1 aromatic carbocycles. The van der Waals surface area contributed by atoms with Gasteiger partial charge in [-0.15, -0.1) is 0 Å². The van der Waals surface area contributed by atoms with E-state index in [2.05, 4.69) is 0 Å². The summed E-state index contributed by atoms with van der Waals surface area (Å²) in [6.45, 7) is 2.24. The molecule has 0 aliphatic heterocycles. The number of hydrogen-bond acceptors (Lipinski definition) is 5. The zero-order valence-electron chi connectivity index (χ0n) is 11.6. The summed E-state index contributed by atoms with van der Waals surface area (Å²) in [7, 11) is 1.70. The minimum atomic E-state index is -1.20. The van der Waals surface area contributed by atoms with Crippen molar-refractivity contribution in [2.24, 2.45) is 0 Å². The van der Waals surface area contributed by atoms with Crippen LogP contribution in [0.3, 0.4) is 0 Å². The first-order valence-corrected chi connectivity index (χ1v) is 6.16. The lowest BCUT2D eigenvalue weighted by molar-refractivity contribution is -0.384. The Morgan fingerprint density at radius 3 is 2.67 bits per heavy atom. The van der Waals surface area contributed by atoms with Crippen LogP contribution < -0.4 is 4.90 Å². The summed E-state index contributed by atoms with van der Waals surface area (Å²) in [5, 5.41) is 20.1. The van der Waals surface area contributed by atoms with E-state index in [-0.39, 0.29) is 11.3 Å². The van der Waals surface area contributed by atoms with Gasteiger partial charge in [-0.05, 0) is 25.1 Å². The van der Waals surface area contributed by atoms with Crippen molar-refractivity contribution in [1.82, 2.24) is 0 Å². The fourth-order valence-electron chi connectivity index (χ4n) is 2.04. The molecule has 7 heteroatoms. The molecule has 0 saturated heterocycles. The standard InChI is InChI=1S/C14H14N2O5/c1-9-11(5-6-21-9)8-15(2)12-4-3-10(14(17)18)7-13(12)16(19)20/h3-7H,8H2,1-2H3,(H,17,18). The van der Waals surface area contributed by atoms with Crippen molar-refractivity contribution < 1.29 is 19.2 Å². The first-order valence-electron chi connectivity index (χ1n) is 6.16. The molecule has 1 heterocycles. The molecule has 2 aromatic rings. The molecule has 0 spiro atoms. The molecule has 1 N–H and O–H groups in total. The molecule has 0 unspecified atom stereocenters. The first-order chi connectivity index (χ1) is 9.90. The second-order valence-corrected chi connectivity index (χ2v) is 4.62. The normalized spacial score (nSPS) is 10.4. The summed E-state index contributed by atoms with van der Waals surface area (Å²) >= 11 is 0. The number of rotatable bonds is 5. The molecule has 0 saturated carbocycles. The molecule has 0 atom stereocenters. The lowest BCUT2D eigenvalue weighted by atomic mass is 10.1. The van der Waals surface area contributed by atoms with Gasteiger partial charge in [0.25, 0.3) is 5.69 Å². The van der Waals surface area contributed by atoms with Gasteiger partial charge in [0.1, 0.15) is 11.4 Å². The quantitative estimate of drug-likeness (QED) is 0.671. The van der Waals surface area contributed by atoms with Crippen LogP contribution in [0.4, 0.5) is 11.4 Å². The molecule has 0 radical (unpaired) electrons. The Labute approximate surface area is 120 Å². The van der Waals surface area contributed by atoms with Gasteiger partial charge in [-0.1, -0.05) is 0 Å². The molecule has 110 valence electrons. The van der Waals surface area contributed by atoms with Gasteiger partial charge in [0.05, 0.1) is 16.7 Å². The summed E-state index contributed by atoms with van der Waals surface area (Å²) < 4.78 is 5.19. The number of furan rings is 1. The van der Waals surface area contributed by atoms with Crippen LogP contribution in [0.2, 0.25) is 0 Å². The smallest absolute Gasteiger partial charge is 0.335 e. The highest BCUT2D eigenvalue weighted by molar-refractivity contribution is 5.89. The van der Waals surface area contributed by atoms with Crippen LogP contribution in [0.15, 0.2) is 34.9 Å². The average molecular weight is 290 g/mol. The summed E-state index contributed by atoms with van der Waals surface area (Å²) in [6, 6.07) is 5.65. The van der Waals surface area contributed by atoms with Crippen molar-refractivity contribution in [1.29, 1.82) is 0 Å². The SMILES string of the molecule is Cc1occc1CN(C)c1ccc(C(=O)O)cc1[N+](=O)[O-]. The number of anilines is 1. The van der Waals surface area contributed by atoms with Gasteiger partial charge in [-0.25, -0.2) is 4.79 Å². The number of carboxylic acids is 1. The van der Waals surface area contributed by atoms with Crippen LogP contribution in [-0.4, -0.2) is 23.0 Å². The number of nitro groups is 1. The average Bonchev–Trinajstić information content (AvgIpc) is 2.83. The fraction of sp³-hybridized carbons (Fsp3) is 0.214. The van der Waals surface area contributed by atoms with Gasteiger partial charge < -0.3 is 14.4 Å². The highest BCUT2D eigenvalue weighted by Crippen LogP contribution is 2.30. The molecule has 0 aliphatic rings. The molecular weight excluding hydrogens is 276 g/mol. The second kappa shape index (κ2) is 5.66. The highest BCUT2D eigenvalue weighted by atomic mass is 16.6. The Morgan fingerprint density at radius 1 is 1.43 bits per heavy atom. The zero-order valence-corrected chi connectivity index (χ0v) is 11.6. The van der Waals surface area contributed by atoms with Crippen molar-refractivity contribution in [3.8, 4) is 0 Å². The van der Waals surface area contributed by atoms with Crippen molar-refractivity contribution in [2.45, 2.75) is 13.5 Å². The van der Waals surface area contributed by atoms with E-state index in [1.54, 1.807) is 24.3 Å². The van der Waals surface area contributed by atoms with E-state index in [1.807, 2.05) is 6.92 Å². The summed E-state index contributed by atoms with van der Waals surface area (Å²) in [5.41, 5.74) is 0.914. The Balaban J connectivity index is 2.36. The van der Waals surface area contributed by atoms with Gasteiger partial charge in [0.2, 0.25) is 0 Å². The van der Waals surface area contributed by atoms with Crippen molar-refractivity contribution in [2.75, 3.05) is 11.9 Å².